The lowest BCUT2D eigenvalue weighted by Crippen LogP contribution is -2.44. The van der Waals surface area contributed by atoms with E-state index in [1.807, 2.05) is 37.3 Å². The number of urea groups is 1. The zero-order valence-corrected chi connectivity index (χ0v) is 17.6. The molecule has 0 spiro atoms. The first kappa shape index (κ1) is 20.7. The van der Waals surface area contributed by atoms with Crippen LogP contribution in [-0.2, 0) is 11.3 Å². The molecule has 2 aromatic rings. The lowest BCUT2D eigenvalue weighted by atomic mass is 9.90. The first-order chi connectivity index (χ1) is 14.9. The number of Topliss-reactive ketones (excluding diaryl/α,β-unsaturated/α-hetero) is 1. The van der Waals surface area contributed by atoms with Crippen molar-refractivity contribution in [3.63, 3.8) is 0 Å². The minimum atomic E-state index is -0.266. The molecule has 2 heterocycles. The maximum Gasteiger partial charge on any atom is 0.319 e. The Morgan fingerprint density at radius 2 is 1.87 bits per heavy atom. The fourth-order valence-corrected chi connectivity index (χ4v) is 3.86. The molecule has 1 aliphatic heterocycles. The number of benzene rings is 1. The van der Waals surface area contributed by atoms with Crippen LogP contribution < -0.4 is 16.0 Å². The molecule has 1 atom stereocenters. The van der Waals surface area contributed by atoms with Crippen molar-refractivity contribution in [3.05, 3.63) is 82.0 Å². The SMILES string of the molecule is CC1=CC(=C2CC(c3ccc(C(=O)NCc4ccc(C)o4)cc3)NC(=O)N2)CCC1=O. The van der Waals surface area contributed by atoms with Crippen LogP contribution in [0.1, 0.15) is 59.7 Å². The highest BCUT2D eigenvalue weighted by atomic mass is 16.3. The van der Waals surface area contributed by atoms with Crippen molar-refractivity contribution in [1.29, 1.82) is 0 Å². The van der Waals surface area contributed by atoms with Gasteiger partial charge in [0.25, 0.3) is 5.91 Å². The second kappa shape index (κ2) is 8.63. The molecule has 160 valence electrons. The second-order valence-corrected chi connectivity index (χ2v) is 7.93. The van der Waals surface area contributed by atoms with Crippen LogP contribution >= 0.6 is 0 Å². The predicted molar refractivity (Wildman–Crippen MR) is 115 cm³/mol. The van der Waals surface area contributed by atoms with Crippen LogP contribution in [0.4, 0.5) is 4.79 Å². The zero-order valence-electron chi connectivity index (χ0n) is 17.6. The van der Waals surface area contributed by atoms with Gasteiger partial charge in [0.05, 0.1) is 12.6 Å². The van der Waals surface area contributed by atoms with Gasteiger partial charge < -0.3 is 20.4 Å². The van der Waals surface area contributed by atoms with Gasteiger partial charge in [-0.3, -0.25) is 9.59 Å². The Morgan fingerprint density at radius 3 is 2.55 bits per heavy atom. The van der Waals surface area contributed by atoms with E-state index >= 15 is 0 Å². The normalized spacial score (nSPS) is 21.2. The third kappa shape index (κ3) is 4.77. The maximum absolute atomic E-state index is 12.4. The van der Waals surface area contributed by atoms with Gasteiger partial charge in [-0.2, -0.15) is 0 Å². The highest BCUT2D eigenvalue weighted by Crippen LogP contribution is 2.29. The molecule has 0 bridgehead atoms. The van der Waals surface area contributed by atoms with Crippen molar-refractivity contribution in [2.45, 2.75) is 45.7 Å². The van der Waals surface area contributed by atoms with Gasteiger partial charge in [0.2, 0.25) is 0 Å². The van der Waals surface area contributed by atoms with Gasteiger partial charge in [-0.05, 0) is 61.2 Å². The minimum absolute atomic E-state index is 0.150. The number of carbonyl (C=O) groups is 3. The highest BCUT2D eigenvalue weighted by molar-refractivity contribution is 5.97. The maximum atomic E-state index is 12.4. The summed E-state index contributed by atoms with van der Waals surface area (Å²) in [5, 5.41) is 8.66. The average Bonchev–Trinajstić information content (AvgIpc) is 3.18. The van der Waals surface area contributed by atoms with E-state index in [4.69, 9.17) is 4.42 Å². The van der Waals surface area contributed by atoms with Crippen molar-refractivity contribution < 1.29 is 18.8 Å². The van der Waals surface area contributed by atoms with Crippen LogP contribution in [0.2, 0.25) is 0 Å². The van der Waals surface area contributed by atoms with Gasteiger partial charge in [0.15, 0.2) is 5.78 Å². The molecular weight excluding hydrogens is 394 g/mol. The Kier molecular flexibility index (Phi) is 5.75. The van der Waals surface area contributed by atoms with Gasteiger partial charge in [-0.1, -0.05) is 18.2 Å². The van der Waals surface area contributed by atoms with E-state index in [0.29, 0.717) is 37.1 Å². The Balaban J connectivity index is 1.45. The molecule has 3 amide bonds. The monoisotopic (exact) mass is 419 g/mol. The fraction of sp³-hybridized carbons (Fsp3) is 0.292. The number of ketones is 1. The zero-order chi connectivity index (χ0) is 22.0. The van der Waals surface area contributed by atoms with Crippen LogP contribution in [0.15, 0.2) is 63.7 Å². The second-order valence-electron chi connectivity index (χ2n) is 7.93. The molecule has 4 rings (SSSR count). The van der Waals surface area contributed by atoms with Crippen molar-refractivity contribution >= 4 is 17.7 Å². The van der Waals surface area contributed by atoms with Gasteiger partial charge >= 0.3 is 6.03 Å². The van der Waals surface area contributed by atoms with Crippen LogP contribution in [0, 0.1) is 6.92 Å². The van der Waals surface area contributed by atoms with Crippen molar-refractivity contribution in [1.82, 2.24) is 16.0 Å². The molecule has 3 N–H and O–H groups in total. The summed E-state index contributed by atoms with van der Waals surface area (Å²) in [5.41, 5.74) is 4.02. The van der Waals surface area contributed by atoms with Crippen molar-refractivity contribution in [3.8, 4) is 0 Å². The van der Waals surface area contributed by atoms with Gasteiger partial charge in [-0.15, -0.1) is 0 Å². The van der Waals surface area contributed by atoms with Crippen LogP contribution in [0.5, 0.6) is 0 Å². The Bertz CT molecular complexity index is 1090. The van der Waals surface area contributed by atoms with E-state index in [9.17, 15) is 14.4 Å². The quantitative estimate of drug-likeness (QED) is 0.701. The number of amides is 3. The number of nitrogens with one attached hydrogen (secondary N) is 3. The molecule has 1 aromatic carbocycles. The van der Waals surface area contributed by atoms with Crippen molar-refractivity contribution in [2.24, 2.45) is 0 Å². The first-order valence-electron chi connectivity index (χ1n) is 10.3. The molecule has 1 aliphatic carbocycles. The lowest BCUT2D eigenvalue weighted by molar-refractivity contribution is -0.115. The molecule has 0 saturated carbocycles. The Labute approximate surface area is 180 Å². The van der Waals surface area contributed by atoms with E-state index in [1.54, 1.807) is 19.1 Å². The van der Waals surface area contributed by atoms with E-state index in [0.717, 1.165) is 28.2 Å². The molecule has 1 aromatic heterocycles. The van der Waals surface area contributed by atoms with Crippen molar-refractivity contribution in [2.75, 3.05) is 0 Å². The number of carbonyl (C=O) groups excluding carboxylic acids is 3. The number of allylic oxidation sites excluding steroid dienone is 3. The highest BCUT2D eigenvalue weighted by Gasteiger charge is 2.26. The largest absolute Gasteiger partial charge is 0.465 e. The summed E-state index contributed by atoms with van der Waals surface area (Å²) >= 11 is 0. The van der Waals surface area contributed by atoms with Crippen LogP contribution in [0.3, 0.4) is 0 Å². The van der Waals surface area contributed by atoms with Gasteiger partial charge in [0, 0.05) is 24.1 Å². The fourth-order valence-electron chi connectivity index (χ4n) is 3.86. The molecule has 1 saturated heterocycles. The standard InChI is InChI=1S/C24H25N3O4/c1-14-11-18(8-10-22(14)28)21-12-20(26-24(30)27-21)16-4-6-17(7-5-16)23(29)25-13-19-9-3-15(2)31-19/h3-7,9,11,20H,8,10,12-13H2,1-2H3,(H,25,29)(H2,26,27,30). The number of rotatable bonds is 4. The van der Waals surface area contributed by atoms with Crippen LogP contribution in [-0.4, -0.2) is 17.7 Å². The minimum Gasteiger partial charge on any atom is -0.465 e. The number of hydrogen-bond donors (Lipinski definition) is 3. The Morgan fingerprint density at radius 1 is 1.10 bits per heavy atom. The molecule has 7 heteroatoms. The average molecular weight is 419 g/mol. The van der Waals surface area contributed by atoms with E-state index in [2.05, 4.69) is 16.0 Å². The van der Waals surface area contributed by atoms with E-state index in [1.165, 1.54) is 0 Å². The van der Waals surface area contributed by atoms with E-state index < -0.39 is 0 Å². The third-order valence-corrected chi connectivity index (χ3v) is 5.61. The van der Waals surface area contributed by atoms with Crippen LogP contribution in [0.25, 0.3) is 0 Å². The van der Waals surface area contributed by atoms with Gasteiger partial charge in [-0.25, -0.2) is 4.79 Å². The summed E-state index contributed by atoms with van der Waals surface area (Å²) in [6, 6.07) is 10.4. The summed E-state index contributed by atoms with van der Waals surface area (Å²) < 4.78 is 5.46. The molecule has 2 aliphatic rings. The smallest absolute Gasteiger partial charge is 0.319 e. The Hall–Kier alpha value is -3.61. The molecular formula is C24H25N3O4. The molecule has 31 heavy (non-hydrogen) atoms. The topological polar surface area (TPSA) is 100 Å². The summed E-state index contributed by atoms with van der Waals surface area (Å²) in [6.07, 6.45) is 3.57. The third-order valence-electron chi connectivity index (χ3n) is 5.61. The van der Waals surface area contributed by atoms with Gasteiger partial charge in [0.1, 0.15) is 11.5 Å². The summed E-state index contributed by atoms with van der Waals surface area (Å²) in [6.45, 7) is 3.99. The number of aryl methyl sites for hydroxylation is 1. The molecule has 7 nitrogen and oxygen atoms in total. The summed E-state index contributed by atoms with van der Waals surface area (Å²) in [4.78, 5) is 36.4. The number of furan rings is 1. The predicted octanol–water partition coefficient (Wildman–Crippen LogP) is 3.83. The summed E-state index contributed by atoms with van der Waals surface area (Å²) in [5.74, 6) is 1.47. The lowest BCUT2D eigenvalue weighted by Gasteiger charge is -2.29. The van der Waals surface area contributed by atoms with E-state index in [-0.39, 0.29) is 23.8 Å². The number of hydrogen-bond acceptors (Lipinski definition) is 4. The molecule has 1 unspecified atom stereocenters. The first-order valence-corrected chi connectivity index (χ1v) is 10.3. The summed E-state index contributed by atoms with van der Waals surface area (Å²) in [7, 11) is 0. The molecule has 1 fully saturated rings. The molecule has 0 radical (unpaired) electrons.